The number of aryl methyl sites for hydroxylation is 1. The smallest absolute Gasteiger partial charge is 0.261 e. The Morgan fingerprint density at radius 1 is 1.07 bits per heavy atom. The highest BCUT2D eigenvalue weighted by Crippen LogP contribution is 2.22. The number of fused-ring (bicyclic) bond motifs is 1. The third kappa shape index (κ3) is 7.80. The molecule has 3 aromatic carbocycles. The number of imidazole rings is 1. The van der Waals surface area contributed by atoms with Crippen molar-refractivity contribution in [1.82, 2.24) is 24.6 Å². The Morgan fingerprint density at radius 3 is 2.61 bits per heavy atom. The second kappa shape index (κ2) is 13.1. The molecule has 44 heavy (non-hydrogen) atoms. The molecule has 2 heterocycles. The van der Waals surface area contributed by atoms with E-state index in [1.165, 1.54) is 18.2 Å². The SMILES string of the molecule is CC(C)(CCn1cnc2cc(C(=O)NCc3cc(=O)s[nH]3)ccc21)NC[C@H](O)c1cccc(NS(=O)(=O)c2ccccc2)c1. The van der Waals surface area contributed by atoms with Crippen LogP contribution in [0, 0.1) is 0 Å². The highest BCUT2D eigenvalue weighted by atomic mass is 32.2. The van der Waals surface area contributed by atoms with Gasteiger partial charge in [0.1, 0.15) is 0 Å². The monoisotopic (exact) mass is 634 g/mol. The number of amides is 1. The number of hydrogen-bond donors (Lipinski definition) is 5. The summed E-state index contributed by atoms with van der Waals surface area (Å²) in [5, 5.41) is 17.1. The van der Waals surface area contributed by atoms with E-state index in [9.17, 15) is 23.1 Å². The predicted octanol–water partition coefficient (Wildman–Crippen LogP) is 4.01. The van der Waals surface area contributed by atoms with Crippen LogP contribution in [0.3, 0.4) is 0 Å². The Labute approximate surface area is 259 Å². The maximum Gasteiger partial charge on any atom is 0.261 e. The van der Waals surface area contributed by atoms with Gasteiger partial charge in [-0.25, -0.2) is 13.4 Å². The molecule has 0 aliphatic carbocycles. The van der Waals surface area contributed by atoms with E-state index < -0.39 is 16.1 Å². The molecule has 5 N–H and O–H groups in total. The van der Waals surface area contributed by atoms with Crippen LogP contribution in [-0.4, -0.2) is 45.4 Å². The Bertz CT molecular complexity index is 1910. The molecular formula is C31H34N6O5S2. The van der Waals surface area contributed by atoms with Crippen LogP contribution in [0.1, 0.15) is 48.0 Å². The topological polar surface area (TPSA) is 158 Å². The molecule has 0 aliphatic rings. The Balaban J connectivity index is 1.14. The lowest BCUT2D eigenvalue weighted by Crippen LogP contribution is -2.42. The third-order valence-corrected chi connectivity index (χ3v) is 9.31. The number of benzene rings is 3. The number of β-amino-alcohol motifs (C(OH)–C–C–N with tert-alkyl or cyclic N) is 1. The molecule has 0 saturated carbocycles. The molecule has 0 bridgehead atoms. The van der Waals surface area contributed by atoms with Crippen molar-refractivity contribution in [2.45, 2.75) is 49.9 Å². The number of aromatic nitrogens is 3. The van der Waals surface area contributed by atoms with Gasteiger partial charge in [-0.05, 0) is 79.8 Å². The fraction of sp³-hybridized carbons (Fsp3) is 0.258. The lowest BCUT2D eigenvalue weighted by atomic mass is 9.99. The quantitative estimate of drug-likeness (QED) is 0.131. The van der Waals surface area contributed by atoms with Crippen LogP contribution in [-0.2, 0) is 23.1 Å². The predicted molar refractivity (Wildman–Crippen MR) is 171 cm³/mol. The molecule has 1 amide bonds. The first kappa shape index (κ1) is 31.1. The summed E-state index contributed by atoms with van der Waals surface area (Å²) in [5.41, 5.74) is 3.35. The number of aromatic amines is 1. The summed E-state index contributed by atoms with van der Waals surface area (Å²) in [5.74, 6) is -0.253. The summed E-state index contributed by atoms with van der Waals surface area (Å²) in [6.45, 7) is 5.25. The number of nitrogens with zero attached hydrogens (tertiary/aromatic N) is 2. The molecule has 0 spiro atoms. The van der Waals surface area contributed by atoms with Gasteiger partial charge in [-0.15, -0.1) is 0 Å². The number of hydrogen-bond acceptors (Lipinski definition) is 8. The molecule has 0 saturated heterocycles. The lowest BCUT2D eigenvalue weighted by molar-refractivity contribution is 0.0950. The van der Waals surface area contributed by atoms with Crippen molar-refractivity contribution in [3.05, 3.63) is 112 Å². The molecule has 0 radical (unpaired) electrons. The molecule has 0 unspecified atom stereocenters. The number of carbonyl (C=O) groups excluding carboxylic acids is 1. The van der Waals surface area contributed by atoms with Gasteiger partial charge in [0.05, 0.1) is 34.9 Å². The van der Waals surface area contributed by atoms with Gasteiger partial charge >= 0.3 is 0 Å². The number of aliphatic hydroxyl groups excluding tert-OH is 1. The van der Waals surface area contributed by atoms with Gasteiger partial charge in [0.15, 0.2) is 0 Å². The summed E-state index contributed by atoms with van der Waals surface area (Å²) in [6.07, 6.45) is 1.62. The van der Waals surface area contributed by atoms with E-state index in [1.807, 2.05) is 24.5 Å². The van der Waals surface area contributed by atoms with Gasteiger partial charge in [0, 0.05) is 41.6 Å². The first-order chi connectivity index (χ1) is 21.0. The molecular weight excluding hydrogens is 601 g/mol. The van der Waals surface area contributed by atoms with Crippen molar-refractivity contribution in [3.63, 3.8) is 0 Å². The summed E-state index contributed by atoms with van der Waals surface area (Å²) < 4.78 is 32.8. The maximum atomic E-state index is 12.7. The summed E-state index contributed by atoms with van der Waals surface area (Å²) in [6, 6.07) is 21.7. The van der Waals surface area contributed by atoms with Crippen LogP contribution in [0.5, 0.6) is 0 Å². The van der Waals surface area contributed by atoms with Crippen LogP contribution in [0.25, 0.3) is 11.0 Å². The highest BCUT2D eigenvalue weighted by molar-refractivity contribution is 7.92. The summed E-state index contributed by atoms with van der Waals surface area (Å²) >= 11 is 0.985. The number of nitrogens with one attached hydrogen (secondary N) is 4. The number of anilines is 1. The van der Waals surface area contributed by atoms with Crippen molar-refractivity contribution in [2.24, 2.45) is 0 Å². The van der Waals surface area contributed by atoms with Crippen LogP contribution in [0.4, 0.5) is 5.69 Å². The minimum absolute atomic E-state index is 0.0900. The molecule has 0 fully saturated rings. The highest BCUT2D eigenvalue weighted by Gasteiger charge is 2.21. The summed E-state index contributed by atoms with van der Waals surface area (Å²) in [7, 11) is -3.74. The van der Waals surface area contributed by atoms with Crippen molar-refractivity contribution in [1.29, 1.82) is 0 Å². The normalized spacial score (nSPS) is 12.7. The largest absolute Gasteiger partial charge is 0.387 e. The van der Waals surface area contributed by atoms with Crippen LogP contribution in [0.2, 0.25) is 0 Å². The average molecular weight is 635 g/mol. The van der Waals surface area contributed by atoms with Crippen molar-refractivity contribution < 1.29 is 18.3 Å². The molecule has 5 rings (SSSR count). The van der Waals surface area contributed by atoms with Gasteiger partial charge in [0.25, 0.3) is 15.9 Å². The van der Waals surface area contributed by atoms with E-state index >= 15 is 0 Å². The van der Waals surface area contributed by atoms with Gasteiger partial charge < -0.3 is 24.7 Å². The number of aliphatic hydroxyl groups is 1. The lowest BCUT2D eigenvalue weighted by Gasteiger charge is -2.28. The maximum absolute atomic E-state index is 12.7. The van der Waals surface area contributed by atoms with E-state index in [-0.39, 0.29) is 34.2 Å². The molecule has 2 aromatic heterocycles. The second-order valence-corrected chi connectivity index (χ2v) is 13.6. The van der Waals surface area contributed by atoms with E-state index in [0.717, 1.165) is 23.5 Å². The van der Waals surface area contributed by atoms with E-state index in [1.54, 1.807) is 60.9 Å². The van der Waals surface area contributed by atoms with Crippen molar-refractivity contribution >= 4 is 44.2 Å². The fourth-order valence-corrected chi connectivity index (χ4v) is 6.30. The van der Waals surface area contributed by atoms with Crippen molar-refractivity contribution in [2.75, 3.05) is 11.3 Å². The van der Waals surface area contributed by atoms with Gasteiger partial charge in [0.2, 0.25) is 4.74 Å². The fourth-order valence-electron chi connectivity index (χ4n) is 4.67. The number of H-pyrrole nitrogens is 1. The van der Waals surface area contributed by atoms with Crippen LogP contribution in [0.15, 0.2) is 94.9 Å². The third-order valence-electron chi connectivity index (χ3n) is 7.23. The number of carbonyl (C=O) groups is 1. The average Bonchev–Trinajstić information content (AvgIpc) is 3.63. The van der Waals surface area contributed by atoms with Gasteiger partial charge in [-0.2, -0.15) is 0 Å². The van der Waals surface area contributed by atoms with E-state index in [2.05, 4.69) is 24.7 Å². The van der Waals surface area contributed by atoms with Gasteiger partial charge in [-0.3, -0.25) is 14.3 Å². The minimum atomic E-state index is -3.74. The van der Waals surface area contributed by atoms with Crippen LogP contribution >= 0.6 is 11.5 Å². The number of rotatable bonds is 13. The van der Waals surface area contributed by atoms with Gasteiger partial charge in [-0.1, -0.05) is 30.3 Å². The standard InChI is InChI=1S/C31H34N6O5S2/c1-31(2,34-19-28(38)21-7-6-8-23(15-21)36-44(41,42)25-9-4-3-5-10-25)13-14-37-20-33-26-16-22(11-12-27(26)37)30(40)32-18-24-17-29(39)43-35-24/h3-12,15-17,20,28,34-36,38H,13-14,18-19H2,1-2H3,(H,32,40)/t28-/m0/s1. The number of sulfonamides is 1. The first-order valence-electron chi connectivity index (χ1n) is 14.0. The Morgan fingerprint density at radius 2 is 1.86 bits per heavy atom. The summed E-state index contributed by atoms with van der Waals surface area (Å²) in [4.78, 5) is 28.6. The molecule has 230 valence electrons. The zero-order chi connectivity index (χ0) is 31.3. The Hall–Kier alpha value is -4.30. The molecule has 5 aromatic rings. The van der Waals surface area contributed by atoms with E-state index in [0.29, 0.717) is 34.6 Å². The molecule has 1 atom stereocenters. The molecule has 0 aliphatic heterocycles. The van der Waals surface area contributed by atoms with Crippen molar-refractivity contribution in [3.8, 4) is 0 Å². The molecule has 13 heteroatoms. The minimum Gasteiger partial charge on any atom is -0.387 e. The zero-order valence-corrected chi connectivity index (χ0v) is 25.9. The van der Waals surface area contributed by atoms with E-state index in [4.69, 9.17) is 0 Å². The zero-order valence-electron chi connectivity index (χ0n) is 24.3. The Kier molecular flexibility index (Phi) is 9.30. The van der Waals surface area contributed by atoms with Crippen LogP contribution < -0.4 is 20.1 Å². The molecule has 11 nitrogen and oxygen atoms in total. The first-order valence-corrected chi connectivity index (χ1v) is 16.3. The second-order valence-electron chi connectivity index (χ2n) is 11.1.